The molecule has 0 bridgehead atoms. The Morgan fingerprint density at radius 2 is 2.18 bits per heavy atom. The lowest BCUT2D eigenvalue weighted by atomic mass is 9.83. The number of ketones is 1. The average molecular weight is 236 g/mol. The van der Waals surface area contributed by atoms with Crippen LogP contribution in [0.2, 0.25) is 0 Å². The summed E-state index contributed by atoms with van der Waals surface area (Å²) in [6, 6.07) is 0. The first-order chi connectivity index (χ1) is 8.00. The monoisotopic (exact) mass is 236 g/mol. The van der Waals surface area contributed by atoms with E-state index in [-0.39, 0.29) is 11.7 Å². The Bertz CT molecular complexity index is 381. The zero-order valence-corrected chi connectivity index (χ0v) is 10.6. The third kappa shape index (κ3) is 2.29. The normalized spacial score (nSPS) is 37.2. The van der Waals surface area contributed by atoms with E-state index in [1.165, 1.54) is 18.6 Å². The summed E-state index contributed by atoms with van der Waals surface area (Å²) in [7, 11) is 0. The van der Waals surface area contributed by atoms with Gasteiger partial charge in [-0.15, -0.1) is 0 Å². The number of fused-ring (bicyclic) bond motifs is 1. The van der Waals surface area contributed by atoms with Crippen molar-refractivity contribution in [1.29, 1.82) is 0 Å². The van der Waals surface area contributed by atoms with Crippen LogP contribution in [0.5, 0.6) is 0 Å². The molecule has 0 aromatic heterocycles. The van der Waals surface area contributed by atoms with Crippen molar-refractivity contribution < 1.29 is 14.6 Å². The molecular formula is C14H20O3. The number of allylic oxidation sites excluding steroid dienone is 3. The number of aliphatic hydroxyl groups is 1. The minimum Gasteiger partial charge on any atom is -0.465 e. The number of rotatable bonds is 2. The van der Waals surface area contributed by atoms with Gasteiger partial charge in [0, 0.05) is 5.92 Å². The second-order valence-corrected chi connectivity index (χ2v) is 5.24. The molecule has 3 nitrogen and oxygen atoms in total. The van der Waals surface area contributed by atoms with E-state index >= 15 is 0 Å². The van der Waals surface area contributed by atoms with Gasteiger partial charge in [0.05, 0.1) is 0 Å². The highest BCUT2D eigenvalue weighted by molar-refractivity contribution is 5.87. The van der Waals surface area contributed by atoms with Gasteiger partial charge in [-0.1, -0.05) is 6.92 Å². The summed E-state index contributed by atoms with van der Waals surface area (Å²) < 4.78 is 5.53. The number of aliphatic hydroxyl groups excluding tert-OH is 1. The van der Waals surface area contributed by atoms with Crippen LogP contribution < -0.4 is 0 Å². The molecule has 1 heterocycles. The maximum Gasteiger partial charge on any atom is 0.201 e. The highest BCUT2D eigenvalue weighted by Crippen LogP contribution is 2.47. The Morgan fingerprint density at radius 1 is 1.47 bits per heavy atom. The van der Waals surface area contributed by atoms with E-state index in [1.54, 1.807) is 6.08 Å². The number of hydrogen-bond acceptors (Lipinski definition) is 3. The van der Waals surface area contributed by atoms with Crippen LogP contribution in [0.4, 0.5) is 0 Å². The Balaban J connectivity index is 2.26. The van der Waals surface area contributed by atoms with Gasteiger partial charge in [0.15, 0.2) is 5.78 Å². The van der Waals surface area contributed by atoms with Crippen molar-refractivity contribution >= 4 is 5.78 Å². The SMILES string of the molecule is CC(=O)/C=C/C1=C(C)[C@@H]2CC[C@H](C)[C@H]2[C@@H](O)O1. The molecule has 3 heteroatoms. The molecule has 0 radical (unpaired) electrons. The first-order valence-corrected chi connectivity index (χ1v) is 6.25. The molecule has 0 saturated heterocycles. The lowest BCUT2D eigenvalue weighted by Crippen LogP contribution is -2.35. The number of carbonyl (C=O) groups is 1. The summed E-state index contributed by atoms with van der Waals surface area (Å²) in [5, 5.41) is 10.0. The van der Waals surface area contributed by atoms with Crippen molar-refractivity contribution in [2.24, 2.45) is 17.8 Å². The zero-order valence-electron chi connectivity index (χ0n) is 10.6. The summed E-state index contributed by atoms with van der Waals surface area (Å²) >= 11 is 0. The van der Waals surface area contributed by atoms with Crippen molar-refractivity contribution in [2.45, 2.75) is 39.9 Å². The van der Waals surface area contributed by atoms with Gasteiger partial charge in [0.25, 0.3) is 0 Å². The predicted molar refractivity (Wildman–Crippen MR) is 65.0 cm³/mol. The molecule has 94 valence electrons. The minimum atomic E-state index is -0.729. The van der Waals surface area contributed by atoms with Crippen LogP contribution in [0.1, 0.15) is 33.6 Å². The summed E-state index contributed by atoms with van der Waals surface area (Å²) in [6.07, 6.45) is 4.68. The van der Waals surface area contributed by atoms with Crippen molar-refractivity contribution in [1.82, 2.24) is 0 Å². The van der Waals surface area contributed by atoms with Crippen LogP contribution in [-0.4, -0.2) is 17.2 Å². The fourth-order valence-corrected chi connectivity index (χ4v) is 3.06. The Kier molecular flexibility index (Phi) is 3.38. The van der Waals surface area contributed by atoms with Gasteiger partial charge in [-0.05, 0) is 56.3 Å². The van der Waals surface area contributed by atoms with E-state index < -0.39 is 6.29 Å². The topological polar surface area (TPSA) is 46.5 Å². The highest BCUT2D eigenvalue weighted by Gasteiger charge is 2.43. The van der Waals surface area contributed by atoms with E-state index in [0.717, 1.165) is 12.8 Å². The number of hydrogen-bond donors (Lipinski definition) is 1. The molecule has 2 rings (SSSR count). The zero-order chi connectivity index (χ0) is 12.6. The quantitative estimate of drug-likeness (QED) is 0.749. The molecule has 0 aromatic rings. The van der Waals surface area contributed by atoms with Gasteiger partial charge in [0.1, 0.15) is 5.76 Å². The molecule has 0 unspecified atom stereocenters. The lowest BCUT2D eigenvalue weighted by molar-refractivity contribution is -0.130. The van der Waals surface area contributed by atoms with Gasteiger partial charge in [-0.3, -0.25) is 4.79 Å². The minimum absolute atomic E-state index is 0.00898. The van der Waals surface area contributed by atoms with Crippen molar-refractivity contribution in [3.8, 4) is 0 Å². The van der Waals surface area contributed by atoms with Crippen molar-refractivity contribution in [3.05, 3.63) is 23.5 Å². The smallest absolute Gasteiger partial charge is 0.201 e. The maximum atomic E-state index is 10.9. The maximum absolute atomic E-state index is 10.9. The highest BCUT2D eigenvalue weighted by atomic mass is 16.6. The van der Waals surface area contributed by atoms with Gasteiger partial charge in [-0.2, -0.15) is 0 Å². The Morgan fingerprint density at radius 3 is 2.82 bits per heavy atom. The molecular weight excluding hydrogens is 216 g/mol. The van der Waals surface area contributed by atoms with E-state index in [9.17, 15) is 9.90 Å². The summed E-state index contributed by atoms with van der Waals surface area (Å²) in [5.41, 5.74) is 1.17. The number of carbonyl (C=O) groups excluding carboxylic acids is 1. The first kappa shape index (κ1) is 12.4. The largest absolute Gasteiger partial charge is 0.465 e. The molecule has 17 heavy (non-hydrogen) atoms. The molecule has 1 saturated carbocycles. The third-order valence-electron chi connectivity index (χ3n) is 4.05. The molecule has 4 atom stereocenters. The van der Waals surface area contributed by atoms with E-state index in [0.29, 0.717) is 17.6 Å². The van der Waals surface area contributed by atoms with Gasteiger partial charge in [0.2, 0.25) is 6.29 Å². The summed E-state index contributed by atoms with van der Waals surface area (Å²) in [6.45, 7) is 5.72. The molecule has 1 aliphatic carbocycles. The first-order valence-electron chi connectivity index (χ1n) is 6.25. The third-order valence-corrected chi connectivity index (χ3v) is 4.05. The van der Waals surface area contributed by atoms with E-state index in [1.807, 2.05) is 6.92 Å². The van der Waals surface area contributed by atoms with Crippen LogP contribution in [0.25, 0.3) is 0 Å². The Labute approximate surface area is 102 Å². The van der Waals surface area contributed by atoms with Gasteiger partial charge in [-0.25, -0.2) is 0 Å². The average Bonchev–Trinajstić information content (AvgIpc) is 2.64. The van der Waals surface area contributed by atoms with Crippen molar-refractivity contribution in [3.63, 3.8) is 0 Å². The van der Waals surface area contributed by atoms with Crippen LogP contribution in [-0.2, 0) is 9.53 Å². The standard InChI is InChI=1S/C14H20O3/c1-8-4-6-11-10(3)12(7-5-9(2)15)17-14(16)13(8)11/h5,7-8,11,13-14,16H,4,6H2,1-3H3/b7-5+/t8-,11-,13+,14-/m0/s1. The Hall–Kier alpha value is -1.09. The van der Waals surface area contributed by atoms with Gasteiger partial charge >= 0.3 is 0 Å². The van der Waals surface area contributed by atoms with Crippen molar-refractivity contribution in [2.75, 3.05) is 0 Å². The molecule has 0 amide bonds. The van der Waals surface area contributed by atoms with Crippen LogP contribution in [0, 0.1) is 17.8 Å². The molecule has 1 fully saturated rings. The van der Waals surface area contributed by atoms with E-state index in [2.05, 4.69) is 6.92 Å². The summed E-state index contributed by atoms with van der Waals surface area (Å²) in [4.78, 5) is 10.9. The molecule has 1 N–H and O–H groups in total. The molecule has 1 aliphatic heterocycles. The lowest BCUT2D eigenvalue weighted by Gasteiger charge is -2.34. The van der Waals surface area contributed by atoms with Crippen LogP contribution >= 0.6 is 0 Å². The number of ether oxygens (including phenoxy) is 1. The van der Waals surface area contributed by atoms with E-state index in [4.69, 9.17) is 4.74 Å². The fraction of sp³-hybridized carbons (Fsp3) is 0.643. The fourth-order valence-electron chi connectivity index (χ4n) is 3.06. The van der Waals surface area contributed by atoms with Crippen LogP contribution in [0.3, 0.4) is 0 Å². The summed E-state index contributed by atoms with van der Waals surface area (Å²) in [5.74, 6) is 1.78. The van der Waals surface area contributed by atoms with Gasteiger partial charge < -0.3 is 9.84 Å². The predicted octanol–water partition coefficient (Wildman–Crippen LogP) is 2.42. The molecule has 0 aromatic carbocycles. The van der Waals surface area contributed by atoms with Crippen LogP contribution in [0.15, 0.2) is 23.5 Å². The second kappa shape index (κ2) is 4.65. The second-order valence-electron chi connectivity index (χ2n) is 5.24. The molecule has 0 spiro atoms. The molecule has 2 aliphatic rings.